The zero-order chi connectivity index (χ0) is 14.4. The standard InChI is InChI=1S/C15H21ClN2OS/c16-12-5-7-13(8-6-12)20-9-1-2-15(19)18-10-14(17)11-3-4-11/h5-8,11,14H,1-4,9-10,17H2,(H,18,19). The second kappa shape index (κ2) is 7.91. The van der Waals surface area contributed by atoms with E-state index < -0.39 is 0 Å². The summed E-state index contributed by atoms with van der Waals surface area (Å²) in [5, 5.41) is 3.67. The monoisotopic (exact) mass is 312 g/mol. The van der Waals surface area contributed by atoms with Crippen molar-refractivity contribution in [2.24, 2.45) is 11.7 Å². The molecule has 1 saturated carbocycles. The van der Waals surface area contributed by atoms with E-state index in [0.717, 1.165) is 17.2 Å². The van der Waals surface area contributed by atoms with Crippen molar-refractivity contribution in [3.63, 3.8) is 0 Å². The summed E-state index contributed by atoms with van der Waals surface area (Å²) < 4.78 is 0. The number of rotatable bonds is 8. The molecule has 110 valence electrons. The van der Waals surface area contributed by atoms with Crippen molar-refractivity contribution in [2.45, 2.75) is 36.6 Å². The lowest BCUT2D eigenvalue weighted by Gasteiger charge is -2.11. The van der Waals surface area contributed by atoms with Crippen LogP contribution in [0.15, 0.2) is 29.2 Å². The van der Waals surface area contributed by atoms with Crippen molar-refractivity contribution in [1.29, 1.82) is 0 Å². The molecule has 1 unspecified atom stereocenters. The minimum Gasteiger partial charge on any atom is -0.355 e. The molecule has 1 aromatic rings. The van der Waals surface area contributed by atoms with Crippen LogP contribution >= 0.6 is 23.4 Å². The van der Waals surface area contributed by atoms with Gasteiger partial charge in [0.05, 0.1) is 0 Å². The average Bonchev–Trinajstić information content (AvgIpc) is 3.27. The highest BCUT2D eigenvalue weighted by Gasteiger charge is 2.28. The minimum absolute atomic E-state index is 0.109. The minimum atomic E-state index is 0.109. The highest BCUT2D eigenvalue weighted by molar-refractivity contribution is 7.99. The molecular formula is C15H21ClN2OS. The van der Waals surface area contributed by atoms with Crippen LogP contribution in [0, 0.1) is 5.92 Å². The third-order valence-electron chi connectivity index (χ3n) is 3.39. The van der Waals surface area contributed by atoms with Gasteiger partial charge in [-0.2, -0.15) is 0 Å². The van der Waals surface area contributed by atoms with Gasteiger partial charge in [0.1, 0.15) is 0 Å². The molecule has 3 N–H and O–H groups in total. The molecule has 0 heterocycles. The van der Waals surface area contributed by atoms with Crippen LogP contribution in [-0.4, -0.2) is 24.2 Å². The Morgan fingerprint density at radius 3 is 2.75 bits per heavy atom. The molecule has 0 spiro atoms. The quantitative estimate of drug-likeness (QED) is 0.573. The van der Waals surface area contributed by atoms with E-state index in [0.29, 0.717) is 18.9 Å². The van der Waals surface area contributed by atoms with Gasteiger partial charge in [-0.25, -0.2) is 0 Å². The fraction of sp³-hybridized carbons (Fsp3) is 0.533. The SMILES string of the molecule is NC(CNC(=O)CCCSc1ccc(Cl)cc1)C1CC1. The Hall–Kier alpha value is -0.710. The van der Waals surface area contributed by atoms with E-state index >= 15 is 0 Å². The first-order valence-corrected chi connectivity index (χ1v) is 8.42. The summed E-state index contributed by atoms with van der Waals surface area (Å²) in [5.74, 6) is 1.68. The molecular weight excluding hydrogens is 292 g/mol. The molecule has 0 aromatic heterocycles. The first-order chi connectivity index (χ1) is 9.65. The molecule has 20 heavy (non-hydrogen) atoms. The van der Waals surface area contributed by atoms with Gasteiger partial charge in [-0.05, 0) is 55.2 Å². The molecule has 5 heteroatoms. The third-order valence-corrected chi connectivity index (χ3v) is 4.74. The lowest BCUT2D eigenvalue weighted by Crippen LogP contribution is -2.38. The average molecular weight is 313 g/mol. The maximum atomic E-state index is 11.7. The molecule has 1 fully saturated rings. The van der Waals surface area contributed by atoms with E-state index in [1.165, 1.54) is 17.7 Å². The maximum absolute atomic E-state index is 11.7. The van der Waals surface area contributed by atoms with Crippen LogP contribution in [0.25, 0.3) is 0 Å². The summed E-state index contributed by atoms with van der Waals surface area (Å²) in [5.41, 5.74) is 5.94. The summed E-state index contributed by atoms with van der Waals surface area (Å²) in [6, 6.07) is 7.91. The van der Waals surface area contributed by atoms with Crippen LogP contribution in [0.2, 0.25) is 5.02 Å². The molecule has 0 aliphatic heterocycles. The molecule has 2 rings (SSSR count). The van der Waals surface area contributed by atoms with Gasteiger partial charge in [0.15, 0.2) is 0 Å². The Labute approximate surface area is 129 Å². The molecule has 1 aliphatic rings. The zero-order valence-electron chi connectivity index (χ0n) is 11.5. The number of hydrogen-bond donors (Lipinski definition) is 2. The summed E-state index contributed by atoms with van der Waals surface area (Å²) in [4.78, 5) is 12.8. The zero-order valence-corrected chi connectivity index (χ0v) is 13.1. The van der Waals surface area contributed by atoms with E-state index in [4.69, 9.17) is 17.3 Å². The summed E-state index contributed by atoms with van der Waals surface area (Å²) in [7, 11) is 0. The van der Waals surface area contributed by atoms with Crippen LogP contribution in [0.1, 0.15) is 25.7 Å². The number of benzene rings is 1. The van der Waals surface area contributed by atoms with E-state index in [1.54, 1.807) is 11.8 Å². The summed E-state index contributed by atoms with van der Waals surface area (Å²) in [6.45, 7) is 0.619. The Bertz CT molecular complexity index is 434. The van der Waals surface area contributed by atoms with Crippen molar-refractivity contribution >= 4 is 29.3 Å². The second-order valence-electron chi connectivity index (χ2n) is 5.21. The van der Waals surface area contributed by atoms with Gasteiger partial charge in [-0.1, -0.05) is 11.6 Å². The molecule has 0 bridgehead atoms. The first kappa shape index (κ1) is 15.7. The van der Waals surface area contributed by atoms with Crippen molar-refractivity contribution in [3.05, 3.63) is 29.3 Å². The number of thioether (sulfide) groups is 1. The second-order valence-corrected chi connectivity index (χ2v) is 6.82. The van der Waals surface area contributed by atoms with Crippen molar-refractivity contribution in [3.8, 4) is 0 Å². The molecule has 0 saturated heterocycles. The Morgan fingerprint density at radius 1 is 1.40 bits per heavy atom. The Balaban J connectivity index is 1.53. The molecule has 1 amide bonds. The first-order valence-electron chi connectivity index (χ1n) is 7.06. The Morgan fingerprint density at radius 2 is 2.10 bits per heavy atom. The molecule has 3 nitrogen and oxygen atoms in total. The van der Waals surface area contributed by atoms with Gasteiger partial charge in [-0.15, -0.1) is 11.8 Å². The smallest absolute Gasteiger partial charge is 0.220 e. The lowest BCUT2D eigenvalue weighted by atomic mass is 10.2. The summed E-state index contributed by atoms with van der Waals surface area (Å²) in [6.07, 6.45) is 3.87. The predicted octanol–water partition coefficient (Wildman–Crippen LogP) is 3.07. The van der Waals surface area contributed by atoms with Gasteiger partial charge in [0.2, 0.25) is 5.91 Å². The molecule has 1 aliphatic carbocycles. The molecule has 1 atom stereocenters. The Kier molecular flexibility index (Phi) is 6.20. The fourth-order valence-corrected chi connectivity index (χ4v) is 2.94. The predicted molar refractivity (Wildman–Crippen MR) is 85.1 cm³/mol. The van der Waals surface area contributed by atoms with Gasteiger partial charge in [0.25, 0.3) is 0 Å². The van der Waals surface area contributed by atoms with Gasteiger partial charge >= 0.3 is 0 Å². The van der Waals surface area contributed by atoms with E-state index in [1.807, 2.05) is 24.3 Å². The van der Waals surface area contributed by atoms with Crippen molar-refractivity contribution in [1.82, 2.24) is 5.32 Å². The molecule has 0 radical (unpaired) electrons. The van der Waals surface area contributed by atoms with Crippen LogP contribution in [-0.2, 0) is 4.79 Å². The van der Waals surface area contributed by atoms with E-state index in [-0.39, 0.29) is 11.9 Å². The number of halogens is 1. The largest absolute Gasteiger partial charge is 0.355 e. The topological polar surface area (TPSA) is 55.1 Å². The number of amides is 1. The molecule has 1 aromatic carbocycles. The van der Waals surface area contributed by atoms with Crippen LogP contribution in [0.3, 0.4) is 0 Å². The summed E-state index contributed by atoms with van der Waals surface area (Å²) >= 11 is 7.58. The van der Waals surface area contributed by atoms with E-state index in [2.05, 4.69) is 5.32 Å². The van der Waals surface area contributed by atoms with E-state index in [9.17, 15) is 4.79 Å². The number of nitrogens with two attached hydrogens (primary N) is 1. The highest BCUT2D eigenvalue weighted by Crippen LogP contribution is 2.31. The number of nitrogens with one attached hydrogen (secondary N) is 1. The van der Waals surface area contributed by atoms with Gasteiger partial charge < -0.3 is 11.1 Å². The maximum Gasteiger partial charge on any atom is 0.220 e. The normalized spacial score (nSPS) is 15.9. The number of carbonyl (C=O) groups is 1. The number of hydrogen-bond acceptors (Lipinski definition) is 3. The van der Waals surface area contributed by atoms with Crippen LogP contribution in [0.4, 0.5) is 0 Å². The van der Waals surface area contributed by atoms with Crippen LogP contribution in [0.5, 0.6) is 0 Å². The van der Waals surface area contributed by atoms with Gasteiger partial charge in [-0.3, -0.25) is 4.79 Å². The van der Waals surface area contributed by atoms with Crippen molar-refractivity contribution in [2.75, 3.05) is 12.3 Å². The van der Waals surface area contributed by atoms with Crippen molar-refractivity contribution < 1.29 is 4.79 Å². The number of carbonyl (C=O) groups excluding carboxylic acids is 1. The third kappa shape index (κ3) is 5.73. The fourth-order valence-electron chi connectivity index (χ4n) is 1.96. The van der Waals surface area contributed by atoms with Gasteiger partial charge in [0, 0.05) is 28.9 Å². The highest BCUT2D eigenvalue weighted by atomic mass is 35.5. The lowest BCUT2D eigenvalue weighted by molar-refractivity contribution is -0.121. The van der Waals surface area contributed by atoms with Crippen LogP contribution < -0.4 is 11.1 Å².